The number of benzene rings is 1. The maximum Gasteiger partial charge on any atom is 0.451 e. The molecule has 0 radical (unpaired) electrons. The molecule has 1 aromatic carbocycles. The molecule has 2 atom stereocenters. The molecule has 0 bridgehead atoms. The highest BCUT2D eigenvalue weighted by atomic mass is 32.1. The zero-order valence-corrected chi connectivity index (χ0v) is 20.7. The van der Waals surface area contributed by atoms with E-state index in [0.717, 1.165) is 24.8 Å². The van der Waals surface area contributed by atoms with Crippen molar-refractivity contribution >= 4 is 29.7 Å². The third kappa shape index (κ3) is 6.29. The number of alkyl halides is 3. The molecule has 0 aliphatic carbocycles. The molecule has 0 saturated carbocycles. The quantitative estimate of drug-likeness (QED) is 0.247. The molecule has 3 aromatic rings. The second kappa shape index (κ2) is 11.6. The van der Waals surface area contributed by atoms with E-state index in [0.29, 0.717) is 40.8 Å². The topological polar surface area (TPSA) is 134 Å². The van der Waals surface area contributed by atoms with Gasteiger partial charge in [-0.3, -0.25) is 4.79 Å². The van der Waals surface area contributed by atoms with Gasteiger partial charge in [0.05, 0.1) is 25.2 Å². The molecule has 1 aliphatic heterocycles. The molecule has 1 amide bonds. The second-order valence-corrected chi connectivity index (χ2v) is 9.36. The third-order valence-electron chi connectivity index (χ3n) is 5.62. The second-order valence-electron chi connectivity index (χ2n) is 8.30. The standard InChI is InChI=1S/C25H23F3N6O3S/c1-2-20(17-10-32-24(33-11-17)25(26,27)28)34-22(35)14-5-15(7-19(6-14)37-18-3-4-36-13-18)23-31-12-21(38-23)16(8-29)9-30/h2,5-12,16,18,20,29-30H,1,3-4,13H2,(H,34,35)/t16?,18-,20+/m0/s1. The van der Waals surface area contributed by atoms with Crippen LogP contribution in [0, 0.1) is 10.8 Å². The normalized spacial score (nSPS) is 16.9. The Balaban J connectivity index is 1.62. The predicted molar refractivity (Wildman–Crippen MR) is 135 cm³/mol. The number of thiazole rings is 1. The Morgan fingerprint density at radius 3 is 2.53 bits per heavy atom. The monoisotopic (exact) mass is 544 g/mol. The highest BCUT2D eigenvalue weighted by Gasteiger charge is 2.34. The average molecular weight is 545 g/mol. The lowest BCUT2D eigenvalue weighted by molar-refractivity contribution is -0.145. The number of nitrogens with one attached hydrogen (secondary N) is 3. The predicted octanol–water partition coefficient (Wildman–Crippen LogP) is 4.83. The van der Waals surface area contributed by atoms with Crippen LogP contribution in [0.1, 0.15) is 45.0 Å². The van der Waals surface area contributed by atoms with Gasteiger partial charge in [0.15, 0.2) is 0 Å². The van der Waals surface area contributed by atoms with E-state index in [9.17, 15) is 18.0 Å². The first-order valence-electron chi connectivity index (χ1n) is 11.4. The largest absolute Gasteiger partial charge is 0.488 e. The Morgan fingerprint density at radius 2 is 1.92 bits per heavy atom. The first kappa shape index (κ1) is 27.1. The van der Waals surface area contributed by atoms with Gasteiger partial charge in [0.2, 0.25) is 5.82 Å². The smallest absolute Gasteiger partial charge is 0.451 e. The fourth-order valence-electron chi connectivity index (χ4n) is 3.65. The Kier molecular flexibility index (Phi) is 8.27. The van der Waals surface area contributed by atoms with Crippen molar-refractivity contribution in [1.29, 1.82) is 10.8 Å². The van der Waals surface area contributed by atoms with Gasteiger partial charge in [0.25, 0.3) is 5.91 Å². The van der Waals surface area contributed by atoms with Crippen LogP contribution in [-0.2, 0) is 10.9 Å². The molecule has 198 valence electrons. The van der Waals surface area contributed by atoms with E-state index in [4.69, 9.17) is 20.3 Å². The fourth-order valence-corrected chi connectivity index (χ4v) is 4.60. The molecule has 13 heteroatoms. The summed E-state index contributed by atoms with van der Waals surface area (Å²) in [7, 11) is 0. The van der Waals surface area contributed by atoms with E-state index in [-0.39, 0.29) is 17.2 Å². The summed E-state index contributed by atoms with van der Waals surface area (Å²) < 4.78 is 49.9. The highest BCUT2D eigenvalue weighted by Crippen LogP contribution is 2.33. The maximum atomic E-state index is 13.3. The first-order valence-corrected chi connectivity index (χ1v) is 12.2. The fraction of sp³-hybridized carbons (Fsp3) is 0.280. The Bertz CT molecular complexity index is 1310. The lowest BCUT2D eigenvalue weighted by Crippen LogP contribution is -2.28. The van der Waals surface area contributed by atoms with Crippen LogP contribution in [0.15, 0.2) is 49.4 Å². The summed E-state index contributed by atoms with van der Waals surface area (Å²) in [6, 6.07) is 4.07. The van der Waals surface area contributed by atoms with Gasteiger partial charge in [0, 0.05) is 59.0 Å². The Labute approximate surface area is 219 Å². The molecule has 1 saturated heterocycles. The summed E-state index contributed by atoms with van der Waals surface area (Å²) in [6.07, 6.45) is 3.05. The minimum absolute atomic E-state index is 0.182. The molecular formula is C25H23F3N6O3S. The van der Waals surface area contributed by atoms with Crippen molar-refractivity contribution in [3.8, 4) is 16.3 Å². The molecule has 9 nitrogen and oxygen atoms in total. The van der Waals surface area contributed by atoms with Crippen molar-refractivity contribution in [3.05, 3.63) is 71.3 Å². The van der Waals surface area contributed by atoms with Crippen LogP contribution in [0.3, 0.4) is 0 Å². The van der Waals surface area contributed by atoms with Crippen molar-refractivity contribution in [3.63, 3.8) is 0 Å². The van der Waals surface area contributed by atoms with E-state index in [1.54, 1.807) is 24.4 Å². The summed E-state index contributed by atoms with van der Waals surface area (Å²) in [4.78, 5) is 25.1. The van der Waals surface area contributed by atoms with Gasteiger partial charge < -0.3 is 25.6 Å². The summed E-state index contributed by atoms with van der Waals surface area (Å²) in [5.41, 5.74) is 1.04. The van der Waals surface area contributed by atoms with Gasteiger partial charge in [-0.15, -0.1) is 17.9 Å². The number of carbonyl (C=O) groups is 1. The van der Waals surface area contributed by atoms with Crippen molar-refractivity contribution in [2.45, 2.75) is 30.7 Å². The average Bonchev–Trinajstić information content (AvgIpc) is 3.60. The first-order chi connectivity index (χ1) is 18.2. The molecule has 1 aliphatic rings. The van der Waals surface area contributed by atoms with E-state index in [1.165, 1.54) is 17.4 Å². The van der Waals surface area contributed by atoms with Crippen LogP contribution in [0.25, 0.3) is 10.6 Å². The number of nitrogens with zero attached hydrogens (tertiary/aromatic N) is 3. The van der Waals surface area contributed by atoms with E-state index < -0.39 is 29.9 Å². The van der Waals surface area contributed by atoms with Gasteiger partial charge in [-0.1, -0.05) is 6.08 Å². The number of hydrogen-bond acceptors (Lipinski definition) is 9. The van der Waals surface area contributed by atoms with Gasteiger partial charge in [-0.25, -0.2) is 15.0 Å². The molecule has 1 fully saturated rings. The summed E-state index contributed by atoms with van der Waals surface area (Å²) >= 11 is 1.28. The van der Waals surface area contributed by atoms with Crippen LogP contribution < -0.4 is 10.1 Å². The summed E-state index contributed by atoms with van der Waals surface area (Å²) in [5.74, 6) is -1.89. The number of halogens is 3. The maximum absolute atomic E-state index is 13.3. The van der Waals surface area contributed by atoms with Crippen molar-refractivity contribution in [2.75, 3.05) is 13.2 Å². The van der Waals surface area contributed by atoms with E-state index >= 15 is 0 Å². The minimum Gasteiger partial charge on any atom is -0.488 e. The summed E-state index contributed by atoms with van der Waals surface area (Å²) in [6.45, 7) is 4.65. The number of rotatable bonds is 10. The number of ether oxygens (including phenoxy) is 2. The molecule has 38 heavy (non-hydrogen) atoms. The Hall–Kier alpha value is -3.97. The van der Waals surface area contributed by atoms with Crippen molar-refractivity contribution in [2.24, 2.45) is 0 Å². The number of amides is 1. The lowest BCUT2D eigenvalue weighted by Gasteiger charge is -2.17. The number of aromatic nitrogens is 3. The molecular weight excluding hydrogens is 521 g/mol. The third-order valence-corrected chi connectivity index (χ3v) is 6.77. The zero-order chi connectivity index (χ0) is 27.3. The van der Waals surface area contributed by atoms with Crippen LogP contribution in [0.2, 0.25) is 0 Å². The van der Waals surface area contributed by atoms with Crippen LogP contribution >= 0.6 is 11.3 Å². The molecule has 0 unspecified atom stereocenters. The van der Waals surface area contributed by atoms with Gasteiger partial charge in [-0.05, 0) is 18.2 Å². The van der Waals surface area contributed by atoms with Crippen LogP contribution in [0.4, 0.5) is 13.2 Å². The van der Waals surface area contributed by atoms with Crippen LogP contribution in [-0.4, -0.2) is 52.6 Å². The van der Waals surface area contributed by atoms with E-state index in [1.807, 2.05) is 0 Å². The lowest BCUT2D eigenvalue weighted by atomic mass is 10.1. The van der Waals surface area contributed by atoms with Crippen molar-refractivity contribution < 1.29 is 27.4 Å². The van der Waals surface area contributed by atoms with Crippen molar-refractivity contribution in [1.82, 2.24) is 20.3 Å². The molecule has 0 spiro atoms. The highest BCUT2D eigenvalue weighted by molar-refractivity contribution is 7.15. The van der Waals surface area contributed by atoms with Gasteiger partial charge in [-0.2, -0.15) is 13.2 Å². The molecule has 3 N–H and O–H groups in total. The number of hydrogen-bond donors (Lipinski definition) is 3. The SMILES string of the molecule is C=C[C@@H](NC(=O)c1cc(O[C@H]2CCOC2)cc(-c2ncc(C(C=N)C=N)s2)c1)c1cnc(C(F)(F)F)nc1. The minimum atomic E-state index is -4.68. The Morgan fingerprint density at radius 1 is 1.18 bits per heavy atom. The van der Waals surface area contributed by atoms with E-state index in [2.05, 4.69) is 26.8 Å². The molecule has 2 aromatic heterocycles. The van der Waals surface area contributed by atoms with Gasteiger partial charge >= 0.3 is 6.18 Å². The summed E-state index contributed by atoms with van der Waals surface area (Å²) in [5, 5.41) is 18.3. The molecule has 4 rings (SSSR count). The zero-order valence-electron chi connectivity index (χ0n) is 19.9. The van der Waals surface area contributed by atoms with Crippen LogP contribution in [0.5, 0.6) is 5.75 Å². The number of carbonyl (C=O) groups excluding carboxylic acids is 1. The van der Waals surface area contributed by atoms with Gasteiger partial charge in [0.1, 0.15) is 16.9 Å². The molecule has 3 heterocycles.